The Morgan fingerprint density at radius 3 is 2.36 bits per heavy atom. The van der Waals surface area contributed by atoms with Gasteiger partial charge in [0, 0.05) is 32.6 Å². The third-order valence-corrected chi connectivity index (χ3v) is 5.31. The number of carbonyl (C=O) groups is 1. The molecule has 6 nitrogen and oxygen atoms in total. The highest BCUT2D eigenvalue weighted by Crippen LogP contribution is 2.09. The molecule has 0 aromatic heterocycles. The summed E-state index contributed by atoms with van der Waals surface area (Å²) in [5.41, 5.74) is 5.94. The average Bonchev–Trinajstić information content (AvgIpc) is 2.52. The van der Waals surface area contributed by atoms with Crippen LogP contribution in [0, 0.1) is 11.7 Å². The van der Waals surface area contributed by atoms with Crippen LogP contribution in [-0.2, 0) is 14.8 Å². The van der Waals surface area contributed by atoms with Crippen molar-refractivity contribution in [2.75, 3.05) is 20.1 Å². The Morgan fingerprint density at radius 2 is 1.84 bits per heavy atom. The molecule has 0 saturated heterocycles. The van der Waals surface area contributed by atoms with Crippen molar-refractivity contribution in [2.45, 2.75) is 37.6 Å². The van der Waals surface area contributed by atoms with Gasteiger partial charge in [0.05, 0.1) is 4.90 Å². The van der Waals surface area contributed by atoms with Crippen molar-refractivity contribution in [3.05, 3.63) is 30.1 Å². The molecule has 9 heteroatoms. The predicted octanol–water partition coefficient (Wildman–Crippen LogP) is 1.75. The van der Waals surface area contributed by atoms with E-state index in [1.54, 1.807) is 11.9 Å². The molecule has 0 radical (unpaired) electrons. The maximum atomic E-state index is 12.8. The molecule has 144 valence electrons. The molecule has 1 unspecified atom stereocenters. The number of nitrogens with one attached hydrogen (secondary N) is 1. The van der Waals surface area contributed by atoms with Crippen LogP contribution in [0.1, 0.15) is 26.7 Å². The zero-order valence-corrected chi connectivity index (χ0v) is 16.4. The molecule has 0 aliphatic rings. The minimum absolute atomic E-state index is 0. The summed E-state index contributed by atoms with van der Waals surface area (Å²) in [6, 6.07) is 4.53. The zero-order chi connectivity index (χ0) is 18.3. The van der Waals surface area contributed by atoms with Crippen molar-refractivity contribution in [2.24, 2.45) is 11.7 Å². The Balaban J connectivity index is 0.00000576. The summed E-state index contributed by atoms with van der Waals surface area (Å²) < 4.78 is 39.2. The predicted molar refractivity (Wildman–Crippen MR) is 98.5 cm³/mol. The van der Waals surface area contributed by atoms with Crippen molar-refractivity contribution >= 4 is 28.3 Å². The third-order valence-electron chi connectivity index (χ3n) is 3.83. The van der Waals surface area contributed by atoms with Gasteiger partial charge >= 0.3 is 0 Å². The maximum absolute atomic E-state index is 12.8. The van der Waals surface area contributed by atoms with Gasteiger partial charge in [-0.2, -0.15) is 0 Å². The van der Waals surface area contributed by atoms with Gasteiger partial charge in [0.1, 0.15) is 5.82 Å². The van der Waals surface area contributed by atoms with Crippen molar-refractivity contribution in [3.63, 3.8) is 0 Å². The minimum Gasteiger partial charge on any atom is -0.346 e. The lowest BCUT2D eigenvalue weighted by atomic mass is 10.0. The van der Waals surface area contributed by atoms with Gasteiger partial charge in [-0.25, -0.2) is 17.5 Å². The van der Waals surface area contributed by atoms with E-state index in [0.717, 1.165) is 12.1 Å². The molecule has 1 aromatic rings. The number of nitrogens with two attached hydrogens (primary N) is 1. The number of hydrogen-bond donors (Lipinski definition) is 2. The molecule has 0 saturated carbocycles. The zero-order valence-electron chi connectivity index (χ0n) is 14.7. The number of benzene rings is 1. The Kier molecular flexibility index (Phi) is 10.2. The highest BCUT2D eigenvalue weighted by Gasteiger charge is 2.16. The van der Waals surface area contributed by atoms with Crippen LogP contribution in [-0.4, -0.2) is 45.4 Å². The molecule has 0 aliphatic carbocycles. The number of carbonyl (C=O) groups excluding carboxylic acids is 1. The summed E-state index contributed by atoms with van der Waals surface area (Å²) in [6.45, 7) is 4.56. The highest BCUT2D eigenvalue weighted by atomic mass is 35.5. The maximum Gasteiger partial charge on any atom is 0.240 e. The number of hydrogen-bond acceptors (Lipinski definition) is 4. The summed E-state index contributed by atoms with van der Waals surface area (Å²) in [4.78, 5) is 13.5. The molecular formula is C16H27ClFN3O3S. The topological polar surface area (TPSA) is 92.5 Å². The number of nitrogens with zero attached hydrogens (tertiary/aromatic N) is 1. The molecule has 1 amide bonds. The Labute approximate surface area is 155 Å². The molecule has 0 aliphatic heterocycles. The Hall–Kier alpha value is -1.22. The van der Waals surface area contributed by atoms with E-state index in [9.17, 15) is 17.6 Å². The van der Waals surface area contributed by atoms with Crippen LogP contribution in [0.25, 0.3) is 0 Å². The molecular weight excluding hydrogens is 369 g/mol. The lowest BCUT2D eigenvalue weighted by Crippen LogP contribution is -2.36. The van der Waals surface area contributed by atoms with Crippen LogP contribution in [0.15, 0.2) is 29.2 Å². The first-order valence-electron chi connectivity index (χ1n) is 7.88. The Morgan fingerprint density at radius 1 is 1.28 bits per heavy atom. The van der Waals surface area contributed by atoms with Gasteiger partial charge in [-0.1, -0.05) is 13.8 Å². The van der Waals surface area contributed by atoms with Crippen molar-refractivity contribution < 1.29 is 17.6 Å². The molecule has 1 aromatic carbocycles. The molecule has 1 rings (SSSR count). The van der Waals surface area contributed by atoms with E-state index < -0.39 is 15.8 Å². The van der Waals surface area contributed by atoms with Crippen LogP contribution in [0.2, 0.25) is 0 Å². The molecule has 25 heavy (non-hydrogen) atoms. The van der Waals surface area contributed by atoms with Crippen molar-refractivity contribution in [3.8, 4) is 0 Å². The second kappa shape index (κ2) is 10.7. The van der Waals surface area contributed by atoms with E-state index in [4.69, 9.17) is 5.73 Å². The summed E-state index contributed by atoms with van der Waals surface area (Å²) in [6.07, 6.45) is 0.745. The molecule has 0 bridgehead atoms. The van der Waals surface area contributed by atoms with Crippen molar-refractivity contribution in [1.29, 1.82) is 0 Å². The number of amides is 1. The van der Waals surface area contributed by atoms with Gasteiger partial charge in [-0.15, -0.1) is 12.4 Å². The fourth-order valence-corrected chi connectivity index (χ4v) is 3.01. The molecule has 0 heterocycles. The molecule has 0 fully saturated rings. The summed E-state index contributed by atoms with van der Waals surface area (Å²) in [5.74, 6) is -0.325. The van der Waals surface area contributed by atoms with Gasteiger partial charge in [-0.3, -0.25) is 4.79 Å². The second-order valence-electron chi connectivity index (χ2n) is 6.11. The number of halogens is 2. The van der Waals surface area contributed by atoms with Gasteiger partial charge in [0.2, 0.25) is 15.9 Å². The SMILES string of the molecule is CC(C)C(N)CCN(C)C(=O)CCNS(=O)(=O)c1ccc(F)cc1.Cl. The van der Waals surface area contributed by atoms with Gasteiger partial charge in [-0.05, 0) is 36.6 Å². The van der Waals surface area contributed by atoms with Crippen LogP contribution in [0.3, 0.4) is 0 Å². The first-order valence-corrected chi connectivity index (χ1v) is 9.36. The largest absolute Gasteiger partial charge is 0.346 e. The third kappa shape index (κ3) is 8.13. The van der Waals surface area contributed by atoms with E-state index in [2.05, 4.69) is 4.72 Å². The first kappa shape index (κ1) is 23.8. The van der Waals surface area contributed by atoms with E-state index in [1.807, 2.05) is 13.8 Å². The first-order chi connectivity index (χ1) is 11.1. The van der Waals surface area contributed by atoms with E-state index in [-0.39, 0.29) is 42.2 Å². The van der Waals surface area contributed by atoms with Crippen LogP contribution in [0.4, 0.5) is 4.39 Å². The number of rotatable bonds is 9. The fraction of sp³-hybridized carbons (Fsp3) is 0.562. The minimum atomic E-state index is -3.74. The average molecular weight is 396 g/mol. The second-order valence-corrected chi connectivity index (χ2v) is 7.88. The smallest absolute Gasteiger partial charge is 0.240 e. The summed E-state index contributed by atoms with van der Waals surface area (Å²) in [5, 5.41) is 0. The number of sulfonamides is 1. The monoisotopic (exact) mass is 395 g/mol. The van der Waals surface area contributed by atoms with E-state index >= 15 is 0 Å². The summed E-state index contributed by atoms with van der Waals surface area (Å²) >= 11 is 0. The van der Waals surface area contributed by atoms with Crippen LogP contribution < -0.4 is 10.5 Å². The lowest BCUT2D eigenvalue weighted by molar-refractivity contribution is -0.129. The normalized spacial score (nSPS) is 12.6. The van der Waals surface area contributed by atoms with Gasteiger partial charge in [0.25, 0.3) is 0 Å². The summed E-state index contributed by atoms with van der Waals surface area (Å²) in [7, 11) is -2.07. The molecule has 0 spiro atoms. The van der Waals surface area contributed by atoms with Gasteiger partial charge in [0.15, 0.2) is 0 Å². The van der Waals surface area contributed by atoms with Gasteiger partial charge < -0.3 is 10.6 Å². The lowest BCUT2D eigenvalue weighted by Gasteiger charge is -2.21. The van der Waals surface area contributed by atoms with Crippen molar-refractivity contribution in [1.82, 2.24) is 9.62 Å². The van der Waals surface area contributed by atoms with Crippen LogP contribution in [0.5, 0.6) is 0 Å². The highest BCUT2D eigenvalue weighted by molar-refractivity contribution is 7.89. The van der Waals surface area contributed by atoms with Crippen LogP contribution >= 0.6 is 12.4 Å². The van der Waals surface area contributed by atoms with E-state index in [1.165, 1.54) is 12.1 Å². The molecule has 1 atom stereocenters. The standard InChI is InChI=1S/C16H26FN3O3S.ClH/c1-12(2)15(18)9-11-20(3)16(21)8-10-19-24(22,23)14-6-4-13(17)5-7-14;/h4-7,12,15,19H,8-11,18H2,1-3H3;1H. The van der Waals surface area contributed by atoms with E-state index in [0.29, 0.717) is 18.9 Å². The quantitative estimate of drug-likeness (QED) is 0.666. The fourth-order valence-electron chi connectivity index (χ4n) is 1.98. The Bertz CT molecular complexity index is 639. The molecule has 3 N–H and O–H groups in total.